The second-order valence-electron chi connectivity index (χ2n) is 7.03. The molecule has 124 valence electrons. The van der Waals surface area contributed by atoms with Crippen LogP contribution in [-0.4, -0.2) is 56.0 Å². The van der Waals surface area contributed by atoms with Crippen LogP contribution in [0, 0.1) is 0 Å². The van der Waals surface area contributed by atoms with Crippen LogP contribution in [0.2, 0.25) is 0 Å². The predicted molar refractivity (Wildman–Crippen MR) is 88.4 cm³/mol. The van der Waals surface area contributed by atoms with Gasteiger partial charge in [0.05, 0.1) is 5.75 Å². The maximum atomic E-state index is 12.0. The second-order valence-corrected chi connectivity index (χ2v) is 9.33. The second kappa shape index (κ2) is 7.42. The molecule has 0 radical (unpaired) electrons. The molecular formula is C16H32N2O2S. The van der Waals surface area contributed by atoms with Crippen LogP contribution >= 0.6 is 0 Å². The highest BCUT2D eigenvalue weighted by atomic mass is 32.2. The van der Waals surface area contributed by atoms with Crippen molar-refractivity contribution < 1.29 is 8.42 Å². The molecule has 21 heavy (non-hydrogen) atoms. The van der Waals surface area contributed by atoms with Gasteiger partial charge in [-0.15, -0.1) is 0 Å². The lowest BCUT2D eigenvalue weighted by molar-refractivity contribution is 0.144. The average Bonchev–Trinajstić information content (AvgIpc) is 2.58. The van der Waals surface area contributed by atoms with Gasteiger partial charge in [0, 0.05) is 30.4 Å². The molecule has 0 bridgehead atoms. The lowest BCUT2D eigenvalue weighted by Crippen LogP contribution is -2.53. The summed E-state index contributed by atoms with van der Waals surface area (Å²) in [6, 6.07) is 0.482. The van der Waals surface area contributed by atoms with Crippen LogP contribution < -0.4 is 5.32 Å². The molecule has 4 nitrogen and oxygen atoms in total. The van der Waals surface area contributed by atoms with Crippen molar-refractivity contribution in [2.45, 2.75) is 70.4 Å². The van der Waals surface area contributed by atoms with Gasteiger partial charge in [-0.2, -0.15) is 0 Å². The number of rotatable bonds is 5. The number of nitrogens with zero attached hydrogens (tertiary/aromatic N) is 1. The Bertz CT molecular complexity index is 416. The van der Waals surface area contributed by atoms with E-state index in [0.717, 1.165) is 25.9 Å². The van der Waals surface area contributed by atoms with Gasteiger partial charge in [0.2, 0.25) is 0 Å². The Kier molecular flexibility index (Phi) is 6.09. The fourth-order valence-corrected chi connectivity index (χ4v) is 5.20. The minimum absolute atomic E-state index is 0.248. The molecule has 1 N–H and O–H groups in total. The van der Waals surface area contributed by atoms with Gasteiger partial charge in [0.25, 0.3) is 0 Å². The Labute approximate surface area is 130 Å². The van der Waals surface area contributed by atoms with Crippen LogP contribution in [0.5, 0.6) is 0 Å². The third-order valence-electron chi connectivity index (χ3n) is 5.21. The highest BCUT2D eigenvalue weighted by Crippen LogP contribution is 2.31. The SMILES string of the molecule is CCCS(=O)(=O)CCN1CC2(CCCCC2)NCCC1C. The Morgan fingerprint density at radius 2 is 1.90 bits per heavy atom. The number of sulfone groups is 1. The Morgan fingerprint density at radius 3 is 2.57 bits per heavy atom. The standard InChI is InChI=1S/C16H32N2O2S/c1-3-12-21(19,20)13-11-18-14-16(8-5-4-6-9-16)17-10-7-15(18)2/h15,17H,3-14H2,1-2H3. The Hall–Kier alpha value is -0.130. The monoisotopic (exact) mass is 316 g/mol. The molecule has 1 unspecified atom stereocenters. The first-order valence-corrected chi connectivity index (χ1v) is 10.5. The minimum atomic E-state index is -2.87. The van der Waals surface area contributed by atoms with Crippen LogP contribution in [0.4, 0.5) is 0 Å². The summed E-state index contributed by atoms with van der Waals surface area (Å²) in [7, 11) is -2.87. The molecule has 0 aromatic rings. The number of hydrogen-bond donors (Lipinski definition) is 1. The molecule has 0 amide bonds. The van der Waals surface area contributed by atoms with E-state index in [1.165, 1.54) is 32.1 Å². The van der Waals surface area contributed by atoms with Gasteiger partial charge in [-0.1, -0.05) is 26.2 Å². The van der Waals surface area contributed by atoms with Gasteiger partial charge >= 0.3 is 0 Å². The molecule has 1 saturated carbocycles. The smallest absolute Gasteiger partial charge is 0.151 e. The zero-order valence-electron chi connectivity index (χ0n) is 13.7. The van der Waals surface area contributed by atoms with E-state index < -0.39 is 9.84 Å². The number of nitrogens with one attached hydrogen (secondary N) is 1. The zero-order chi connectivity index (χ0) is 15.3. The summed E-state index contributed by atoms with van der Waals surface area (Å²) in [5.41, 5.74) is 0.248. The molecule has 2 aliphatic rings. The van der Waals surface area contributed by atoms with Crippen molar-refractivity contribution in [1.82, 2.24) is 10.2 Å². The van der Waals surface area contributed by atoms with Crippen molar-refractivity contribution in [1.29, 1.82) is 0 Å². The van der Waals surface area contributed by atoms with Crippen molar-refractivity contribution in [2.24, 2.45) is 0 Å². The molecule has 1 spiro atoms. The number of hydrogen-bond acceptors (Lipinski definition) is 4. The average molecular weight is 317 g/mol. The first kappa shape index (κ1) is 17.2. The van der Waals surface area contributed by atoms with E-state index in [1.807, 2.05) is 6.92 Å². The molecule has 2 fully saturated rings. The van der Waals surface area contributed by atoms with E-state index in [0.29, 0.717) is 24.1 Å². The van der Waals surface area contributed by atoms with Crippen molar-refractivity contribution in [2.75, 3.05) is 31.1 Å². The van der Waals surface area contributed by atoms with Crippen molar-refractivity contribution in [3.8, 4) is 0 Å². The molecular weight excluding hydrogens is 284 g/mol. The predicted octanol–water partition coefficient (Wildman–Crippen LogP) is 2.20. The molecule has 1 aliphatic heterocycles. The zero-order valence-corrected chi connectivity index (χ0v) is 14.6. The van der Waals surface area contributed by atoms with E-state index in [9.17, 15) is 8.42 Å². The van der Waals surface area contributed by atoms with E-state index in [-0.39, 0.29) is 5.54 Å². The summed E-state index contributed by atoms with van der Waals surface area (Å²) in [5, 5.41) is 3.79. The largest absolute Gasteiger partial charge is 0.310 e. The molecule has 1 aliphatic carbocycles. The molecule has 1 atom stereocenters. The molecule has 0 aromatic heterocycles. The highest BCUT2D eigenvalue weighted by molar-refractivity contribution is 7.91. The maximum absolute atomic E-state index is 12.0. The van der Waals surface area contributed by atoms with E-state index in [2.05, 4.69) is 17.1 Å². The first-order chi connectivity index (χ1) is 9.96. The Balaban J connectivity index is 1.98. The summed E-state index contributed by atoms with van der Waals surface area (Å²) in [6.07, 6.45) is 8.31. The minimum Gasteiger partial charge on any atom is -0.310 e. The lowest BCUT2D eigenvalue weighted by Gasteiger charge is -2.41. The molecule has 1 saturated heterocycles. The third kappa shape index (κ3) is 4.93. The van der Waals surface area contributed by atoms with Crippen molar-refractivity contribution in [3.05, 3.63) is 0 Å². The Morgan fingerprint density at radius 1 is 1.19 bits per heavy atom. The van der Waals surface area contributed by atoms with E-state index in [1.54, 1.807) is 0 Å². The van der Waals surface area contributed by atoms with Crippen LogP contribution in [-0.2, 0) is 9.84 Å². The van der Waals surface area contributed by atoms with Crippen LogP contribution in [0.1, 0.15) is 58.8 Å². The van der Waals surface area contributed by atoms with Crippen LogP contribution in [0.15, 0.2) is 0 Å². The molecule has 1 heterocycles. The normalized spacial score (nSPS) is 27.6. The third-order valence-corrected chi connectivity index (χ3v) is 7.04. The van der Waals surface area contributed by atoms with Crippen molar-refractivity contribution in [3.63, 3.8) is 0 Å². The summed E-state index contributed by atoms with van der Waals surface area (Å²) in [6.45, 7) is 6.98. The lowest BCUT2D eigenvalue weighted by atomic mass is 9.81. The summed E-state index contributed by atoms with van der Waals surface area (Å²) < 4.78 is 24.0. The van der Waals surface area contributed by atoms with Crippen LogP contribution in [0.3, 0.4) is 0 Å². The van der Waals surface area contributed by atoms with Crippen molar-refractivity contribution >= 4 is 9.84 Å². The van der Waals surface area contributed by atoms with Crippen LogP contribution in [0.25, 0.3) is 0 Å². The molecule has 5 heteroatoms. The topological polar surface area (TPSA) is 49.4 Å². The molecule has 2 rings (SSSR count). The summed E-state index contributed by atoms with van der Waals surface area (Å²) >= 11 is 0. The highest BCUT2D eigenvalue weighted by Gasteiger charge is 2.36. The first-order valence-electron chi connectivity index (χ1n) is 8.66. The van der Waals surface area contributed by atoms with Gasteiger partial charge in [-0.25, -0.2) is 8.42 Å². The van der Waals surface area contributed by atoms with Gasteiger partial charge in [0.1, 0.15) is 0 Å². The van der Waals surface area contributed by atoms with Gasteiger partial charge < -0.3 is 5.32 Å². The van der Waals surface area contributed by atoms with E-state index in [4.69, 9.17) is 0 Å². The quantitative estimate of drug-likeness (QED) is 0.845. The molecule has 0 aromatic carbocycles. The fourth-order valence-electron chi connectivity index (χ4n) is 3.86. The summed E-state index contributed by atoms with van der Waals surface area (Å²) in [5.74, 6) is 0.653. The van der Waals surface area contributed by atoms with Gasteiger partial charge in [0.15, 0.2) is 9.84 Å². The summed E-state index contributed by atoms with van der Waals surface area (Å²) in [4.78, 5) is 2.43. The fraction of sp³-hybridized carbons (Fsp3) is 1.00. The van der Waals surface area contributed by atoms with E-state index >= 15 is 0 Å². The van der Waals surface area contributed by atoms with Gasteiger partial charge in [-0.3, -0.25) is 4.90 Å². The maximum Gasteiger partial charge on any atom is 0.151 e. The van der Waals surface area contributed by atoms with Gasteiger partial charge in [-0.05, 0) is 39.2 Å².